The zero-order valence-corrected chi connectivity index (χ0v) is 11.1. The van der Waals surface area contributed by atoms with Crippen molar-refractivity contribution >= 4 is 0 Å². The Kier molecular flexibility index (Phi) is 8.43. The molecule has 15 heteroatoms. The zero-order valence-electron chi connectivity index (χ0n) is 11.1. The summed E-state index contributed by atoms with van der Waals surface area (Å²) in [7, 11) is 0. The minimum absolute atomic E-state index is 1.01. The highest BCUT2D eigenvalue weighted by atomic mass is 19.4. The van der Waals surface area contributed by atoms with Gasteiger partial charge in [0.2, 0.25) is 0 Å². The molecule has 0 aromatic heterocycles. The van der Waals surface area contributed by atoms with Crippen LogP contribution < -0.4 is 0 Å². The average molecular weight is 410 g/mol. The normalized spacial score (nSPS) is 14.2. The minimum atomic E-state index is -6.23. The van der Waals surface area contributed by atoms with Gasteiger partial charge in [0.15, 0.2) is 0 Å². The van der Waals surface area contributed by atoms with E-state index in [4.69, 9.17) is 0 Å². The Labute approximate surface area is 128 Å². The largest absolute Gasteiger partial charge is 0.435 e. The molecule has 25 heavy (non-hydrogen) atoms. The molecule has 0 nitrogen and oxygen atoms in total. The van der Waals surface area contributed by atoms with Gasteiger partial charge in [-0.05, 0) is 6.08 Å². The second-order valence-electron chi connectivity index (χ2n) is 3.99. The molecule has 0 N–H and O–H groups in total. The SMILES string of the molecule is F/C=C\C(F)(C(F)(F)F)C(F)(F)F.FC(F)=CC(F)(F)CC(F)(F)F. The average Bonchev–Trinajstić information content (AvgIpc) is 2.20. The Morgan fingerprint density at radius 3 is 1.20 bits per heavy atom. The molecule has 0 fully saturated rings. The fraction of sp³-hybridized carbons (Fsp3) is 0.600. The molecule has 0 bridgehead atoms. The van der Waals surface area contributed by atoms with Crippen LogP contribution in [0.1, 0.15) is 6.42 Å². The Morgan fingerprint density at radius 2 is 1.04 bits per heavy atom. The lowest BCUT2D eigenvalue weighted by Gasteiger charge is -2.26. The number of allylic oxidation sites excluding steroid dienone is 2. The molecule has 0 aromatic rings. The fourth-order valence-electron chi connectivity index (χ4n) is 0.914. The Hall–Kier alpha value is -1.57. The van der Waals surface area contributed by atoms with E-state index < -0.39 is 61.1 Å². The van der Waals surface area contributed by atoms with E-state index in [1.54, 1.807) is 0 Å². The van der Waals surface area contributed by atoms with E-state index in [2.05, 4.69) is 0 Å². The summed E-state index contributed by atoms with van der Waals surface area (Å²) in [5.41, 5.74) is -5.63. The second kappa shape index (κ2) is 8.21. The predicted octanol–water partition coefficient (Wildman–Crippen LogP) is 6.66. The molecule has 0 aliphatic heterocycles. The lowest BCUT2D eigenvalue weighted by molar-refractivity contribution is -0.322. The van der Waals surface area contributed by atoms with Crippen LogP contribution in [0.3, 0.4) is 0 Å². The molecule has 0 saturated carbocycles. The van der Waals surface area contributed by atoms with E-state index in [0.717, 1.165) is 0 Å². The highest BCUT2D eigenvalue weighted by Crippen LogP contribution is 2.47. The van der Waals surface area contributed by atoms with Gasteiger partial charge in [0, 0.05) is 0 Å². The molecule has 0 spiro atoms. The summed E-state index contributed by atoms with van der Waals surface area (Å²) in [4.78, 5) is 0. The second-order valence-corrected chi connectivity index (χ2v) is 3.99. The molecule has 0 aromatic carbocycles. The van der Waals surface area contributed by atoms with Crippen molar-refractivity contribution in [2.45, 2.75) is 36.5 Å². The number of rotatable bonds is 3. The molecule has 0 aliphatic rings. The predicted molar refractivity (Wildman–Crippen MR) is 52.1 cm³/mol. The number of alkyl halides is 12. The van der Waals surface area contributed by atoms with E-state index in [1.165, 1.54) is 0 Å². The summed E-state index contributed by atoms with van der Waals surface area (Å²) < 4.78 is 172. The van der Waals surface area contributed by atoms with Gasteiger partial charge < -0.3 is 0 Å². The van der Waals surface area contributed by atoms with Crippen molar-refractivity contribution in [3.05, 3.63) is 24.6 Å². The summed E-state index contributed by atoms with van der Waals surface area (Å²) in [6.07, 6.45) is -26.4. The van der Waals surface area contributed by atoms with Gasteiger partial charge in [0.25, 0.3) is 12.0 Å². The Balaban J connectivity index is 0. The van der Waals surface area contributed by atoms with Crippen molar-refractivity contribution in [1.82, 2.24) is 0 Å². The first-order valence-corrected chi connectivity index (χ1v) is 5.27. The molecular formula is C10H5F15. The molecule has 0 unspecified atom stereocenters. The van der Waals surface area contributed by atoms with Crippen molar-refractivity contribution in [3.63, 3.8) is 0 Å². The van der Waals surface area contributed by atoms with Crippen LogP contribution in [0, 0.1) is 0 Å². The van der Waals surface area contributed by atoms with Crippen LogP contribution >= 0.6 is 0 Å². The standard InChI is InChI=1S/C5H2F8.C5H3F7/c6-2-1-3(7,4(8,9)10)5(11,12)13;6-3(7)1-4(8,9)2-5(10,11)12/h1-2H;1H,2H2/b2-1-;. The summed E-state index contributed by atoms with van der Waals surface area (Å²) >= 11 is 0. The highest BCUT2D eigenvalue weighted by Gasteiger charge is 2.71. The molecule has 0 heterocycles. The van der Waals surface area contributed by atoms with Crippen molar-refractivity contribution in [2.24, 2.45) is 0 Å². The quantitative estimate of drug-likeness (QED) is 0.457. The van der Waals surface area contributed by atoms with Gasteiger partial charge in [-0.15, -0.1) is 0 Å². The molecule has 0 saturated heterocycles. The van der Waals surface area contributed by atoms with Gasteiger partial charge in [0.1, 0.15) is 6.42 Å². The maximum absolute atomic E-state index is 12.2. The molecule has 0 aliphatic carbocycles. The zero-order chi connectivity index (χ0) is 20.9. The summed E-state index contributed by atoms with van der Waals surface area (Å²) in [5.74, 6) is -4.53. The van der Waals surface area contributed by atoms with Crippen LogP contribution in [0.15, 0.2) is 24.6 Å². The number of hydrogen-bond acceptors (Lipinski definition) is 0. The first-order valence-electron chi connectivity index (χ1n) is 5.27. The first kappa shape index (κ1) is 25.7. The lowest BCUT2D eigenvalue weighted by atomic mass is 10.1. The van der Waals surface area contributed by atoms with Gasteiger partial charge in [-0.2, -0.15) is 48.3 Å². The molecule has 0 amide bonds. The third kappa shape index (κ3) is 9.48. The van der Waals surface area contributed by atoms with Crippen LogP contribution in [0.5, 0.6) is 0 Å². The molecule has 150 valence electrons. The van der Waals surface area contributed by atoms with Gasteiger partial charge >= 0.3 is 24.2 Å². The smallest absolute Gasteiger partial charge is 0.219 e. The third-order valence-electron chi connectivity index (χ3n) is 1.87. The monoisotopic (exact) mass is 410 g/mol. The first-order chi connectivity index (χ1) is 10.7. The van der Waals surface area contributed by atoms with Crippen LogP contribution in [-0.4, -0.2) is 30.1 Å². The van der Waals surface area contributed by atoms with E-state index in [9.17, 15) is 65.9 Å². The highest BCUT2D eigenvalue weighted by molar-refractivity contribution is 5.09. The Bertz CT molecular complexity index is 442. The van der Waals surface area contributed by atoms with Gasteiger partial charge in [0.05, 0.1) is 12.4 Å². The molecular weight excluding hydrogens is 405 g/mol. The molecule has 0 rings (SSSR count). The molecule has 0 radical (unpaired) electrons. The minimum Gasteiger partial charge on any atom is -0.219 e. The van der Waals surface area contributed by atoms with Crippen LogP contribution in [0.2, 0.25) is 0 Å². The summed E-state index contributed by atoms with van der Waals surface area (Å²) in [6, 6.07) is 0. The summed E-state index contributed by atoms with van der Waals surface area (Å²) in [6.45, 7) is 0. The van der Waals surface area contributed by atoms with Crippen LogP contribution in [-0.2, 0) is 0 Å². The van der Waals surface area contributed by atoms with E-state index >= 15 is 0 Å². The van der Waals surface area contributed by atoms with E-state index in [0.29, 0.717) is 0 Å². The van der Waals surface area contributed by atoms with Gasteiger partial charge in [-0.3, -0.25) is 0 Å². The van der Waals surface area contributed by atoms with Crippen LogP contribution in [0.4, 0.5) is 65.9 Å². The third-order valence-corrected chi connectivity index (χ3v) is 1.87. The van der Waals surface area contributed by atoms with Crippen molar-refractivity contribution < 1.29 is 65.9 Å². The van der Waals surface area contributed by atoms with Gasteiger partial charge in [-0.1, -0.05) is 0 Å². The van der Waals surface area contributed by atoms with E-state index in [-0.39, 0.29) is 0 Å². The van der Waals surface area contributed by atoms with Crippen molar-refractivity contribution in [3.8, 4) is 0 Å². The maximum atomic E-state index is 12.2. The Morgan fingerprint density at radius 1 is 0.680 bits per heavy atom. The summed E-state index contributed by atoms with van der Waals surface area (Å²) in [5, 5.41) is 0. The van der Waals surface area contributed by atoms with Crippen LogP contribution in [0.25, 0.3) is 0 Å². The lowest BCUT2D eigenvalue weighted by Crippen LogP contribution is -2.51. The topological polar surface area (TPSA) is 0 Å². The van der Waals surface area contributed by atoms with Gasteiger partial charge in [-0.25, -0.2) is 17.6 Å². The van der Waals surface area contributed by atoms with E-state index in [1.807, 2.05) is 0 Å². The van der Waals surface area contributed by atoms with Crippen molar-refractivity contribution in [2.75, 3.05) is 0 Å². The number of hydrogen-bond donors (Lipinski definition) is 0. The number of halogens is 15. The van der Waals surface area contributed by atoms with Crippen molar-refractivity contribution in [1.29, 1.82) is 0 Å². The fourth-order valence-corrected chi connectivity index (χ4v) is 0.914. The maximum Gasteiger partial charge on any atom is 0.435 e. The molecule has 0 atom stereocenters.